The molecule has 2 atom stereocenters. The van der Waals surface area contributed by atoms with Crippen LogP contribution in [0, 0.1) is 0 Å². The fraction of sp³-hybridized carbons (Fsp3) is 0.409. The van der Waals surface area contributed by atoms with Gasteiger partial charge in [-0.1, -0.05) is 11.6 Å². The number of likely N-dealkylation sites (tertiary alicyclic amines) is 1. The number of halogens is 1. The zero-order chi connectivity index (χ0) is 21.5. The summed E-state index contributed by atoms with van der Waals surface area (Å²) in [7, 11) is 1.56. The first-order valence-corrected chi connectivity index (χ1v) is 10.2. The number of nitrogens with zero attached hydrogens (tertiary/aromatic N) is 1. The van der Waals surface area contributed by atoms with Gasteiger partial charge in [-0.25, -0.2) is 0 Å². The van der Waals surface area contributed by atoms with Crippen LogP contribution in [0.25, 0.3) is 0 Å². The van der Waals surface area contributed by atoms with Crippen molar-refractivity contribution in [2.75, 3.05) is 38.7 Å². The molecule has 8 heteroatoms. The highest BCUT2D eigenvalue weighted by atomic mass is 35.5. The molecule has 7 nitrogen and oxygen atoms in total. The number of hydrogen-bond donors (Lipinski definition) is 2. The lowest BCUT2D eigenvalue weighted by Gasteiger charge is -2.21. The first-order chi connectivity index (χ1) is 14.4. The lowest BCUT2D eigenvalue weighted by Crippen LogP contribution is -2.35. The van der Waals surface area contributed by atoms with E-state index < -0.39 is 6.10 Å². The number of benzene rings is 2. The Morgan fingerprint density at radius 1 is 1.27 bits per heavy atom. The number of methoxy groups -OCH3 is 1. The van der Waals surface area contributed by atoms with Crippen molar-refractivity contribution in [2.45, 2.75) is 25.6 Å². The summed E-state index contributed by atoms with van der Waals surface area (Å²) in [6, 6.07) is 12.4. The molecule has 1 aliphatic rings. The molecule has 1 aliphatic heterocycles. The molecular weight excluding hydrogens is 408 g/mol. The van der Waals surface area contributed by atoms with Crippen LogP contribution in [0.4, 0.5) is 5.69 Å². The molecule has 2 aromatic rings. The molecule has 2 aromatic carbocycles. The quantitative estimate of drug-likeness (QED) is 0.631. The second-order valence-electron chi connectivity index (χ2n) is 7.25. The van der Waals surface area contributed by atoms with Gasteiger partial charge in [-0.3, -0.25) is 9.69 Å². The van der Waals surface area contributed by atoms with Crippen LogP contribution in [-0.2, 0) is 4.79 Å². The summed E-state index contributed by atoms with van der Waals surface area (Å²) in [6.07, 6.45) is 0.276. The largest absolute Gasteiger partial charge is 0.497 e. The number of carbonyl (C=O) groups excluding carboxylic acids is 1. The van der Waals surface area contributed by atoms with Crippen molar-refractivity contribution in [1.82, 2.24) is 4.90 Å². The molecule has 0 spiro atoms. The van der Waals surface area contributed by atoms with Gasteiger partial charge in [0, 0.05) is 37.6 Å². The lowest BCUT2D eigenvalue weighted by molar-refractivity contribution is -0.114. The van der Waals surface area contributed by atoms with Crippen LogP contribution in [0.1, 0.15) is 13.3 Å². The fourth-order valence-electron chi connectivity index (χ4n) is 3.34. The number of nitrogens with one attached hydrogen (secondary N) is 1. The van der Waals surface area contributed by atoms with Crippen LogP contribution in [0.2, 0.25) is 5.02 Å². The number of rotatable bonds is 9. The van der Waals surface area contributed by atoms with Gasteiger partial charge in [0.25, 0.3) is 0 Å². The van der Waals surface area contributed by atoms with Crippen molar-refractivity contribution in [3.63, 3.8) is 0 Å². The Morgan fingerprint density at radius 3 is 2.70 bits per heavy atom. The molecule has 3 rings (SSSR count). The smallest absolute Gasteiger partial charge is 0.221 e. The Hall–Kier alpha value is -2.48. The van der Waals surface area contributed by atoms with Crippen molar-refractivity contribution >= 4 is 23.2 Å². The minimum atomic E-state index is -0.685. The van der Waals surface area contributed by atoms with E-state index in [0.29, 0.717) is 28.8 Å². The maximum atomic E-state index is 11.4. The van der Waals surface area contributed by atoms with Crippen LogP contribution in [-0.4, -0.2) is 61.5 Å². The molecule has 1 saturated heterocycles. The van der Waals surface area contributed by atoms with Crippen LogP contribution in [0.5, 0.6) is 17.2 Å². The Morgan fingerprint density at radius 2 is 2.00 bits per heavy atom. The van der Waals surface area contributed by atoms with Crippen molar-refractivity contribution in [2.24, 2.45) is 0 Å². The van der Waals surface area contributed by atoms with E-state index >= 15 is 0 Å². The van der Waals surface area contributed by atoms with E-state index in [0.717, 1.165) is 25.3 Å². The Bertz CT molecular complexity index is 846. The minimum absolute atomic E-state index is 0.0732. The van der Waals surface area contributed by atoms with Crippen LogP contribution >= 0.6 is 11.6 Å². The third-order valence-corrected chi connectivity index (χ3v) is 5.00. The topological polar surface area (TPSA) is 80.3 Å². The highest BCUT2D eigenvalue weighted by molar-refractivity contribution is 6.30. The molecule has 30 heavy (non-hydrogen) atoms. The summed E-state index contributed by atoms with van der Waals surface area (Å²) in [5.74, 6) is 1.65. The minimum Gasteiger partial charge on any atom is -0.497 e. The van der Waals surface area contributed by atoms with Crippen LogP contribution < -0.4 is 19.5 Å². The van der Waals surface area contributed by atoms with Gasteiger partial charge in [-0.15, -0.1) is 0 Å². The fourth-order valence-corrected chi connectivity index (χ4v) is 3.47. The molecule has 2 N–H and O–H groups in total. The van der Waals surface area contributed by atoms with E-state index in [2.05, 4.69) is 10.2 Å². The van der Waals surface area contributed by atoms with Gasteiger partial charge in [0.15, 0.2) is 0 Å². The lowest BCUT2D eigenvalue weighted by atomic mass is 10.2. The van der Waals surface area contributed by atoms with Gasteiger partial charge in [-0.05, 0) is 42.8 Å². The van der Waals surface area contributed by atoms with Crippen LogP contribution in [0.3, 0.4) is 0 Å². The molecule has 162 valence electrons. The third-order valence-electron chi connectivity index (χ3n) is 4.75. The molecule has 1 heterocycles. The number of aliphatic hydroxyl groups is 1. The molecule has 0 aromatic heterocycles. The Kier molecular flexibility index (Phi) is 7.79. The molecule has 0 radical (unpaired) electrons. The average Bonchev–Trinajstić information content (AvgIpc) is 3.15. The summed E-state index contributed by atoms with van der Waals surface area (Å²) in [5, 5.41) is 13.8. The standard InChI is InChI=1S/C22H27ClN2O5/c1-15(26)24-21-8-7-19(28-2)11-22(21)29-14-17(27)12-25-10-9-20(13-25)30-18-5-3-16(23)4-6-18/h3-8,11,17,20,27H,9-10,12-14H2,1-2H3,(H,24,26)/t17-,20-/m0/s1. The molecule has 0 saturated carbocycles. The van der Waals surface area contributed by atoms with Gasteiger partial charge in [0.05, 0.1) is 12.8 Å². The Balaban J connectivity index is 1.48. The van der Waals surface area contributed by atoms with E-state index in [1.54, 1.807) is 37.4 Å². The number of β-amino-alcohol motifs (C(OH)–C–C–N with tert-alkyl or cyclic N) is 1. The molecule has 0 aliphatic carbocycles. The Labute approximate surface area is 181 Å². The predicted octanol–water partition coefficient (Wildman–Crippen LogP) is 3.20. The van der Waals surface area contributed by atoms with Crippen molar-refractivity contribution in [3.05, 3.63) is 47.5 Å². The van der Waals surface area contributed by atoms with Gasteiger partial charge in [-0.2, -0.15) is 0 Å². The number of hydrogen-bond acceptors (Lipinski definition) is 6. The number of anilines is 1. The highest BCUT2D eigenvalue weighted by Crippen LogP contribution is 2.29. The SMILES string of the molecule is COc1ccc(NC(C)=O)c(OC[C@@H](O)CN2CC[C@H](Oc3ccc(Cl)cc3)C2)c1. The molecule has 0 bridgehead atoms. The summed E-state index contributed by atoms with van der Waals surface area (Å²) in [5.41, 5.74) is 0.535. The summed E-state index contributed by atoms with van der Waals surface area (Å²) >= 11 is 5.90. The highest BCUT2D eigenvalue weighted by Gasteiger charge is 2.26. The van der Waals surface area contributed by atoms with E-state index in [1.807, 2.05) is 12.1 Å². The molecular formula is C22H27ClN2O5. The number of ether oxygens (including phenoxy) is 3. The van der Waals surface area contributed by atoms with E-state index in [1.165, 1.54) is 6.92 Å². The zero-order valence-electron chi connectivity index (χ0n) is 17.1. The number of carbonyl (C=O) groups is 1. The normalized spacial score (nSPS) is 17.4. The van der Waals surface area contributed by atoms with Crippen molar-refractivity contribution < 1.29 is 24.1 Å². The summed E-state index contributed by atoms with van der Waals surface area (Å²) in [4.78, 5) is 13.5. The molecule has 1 amide bonds. The van der Waals surface area contributed by atoms with Gasteiger partial charge >= 0.3 is 0 Å². The monoisotopic (exact) mass is 434 g/mol. The van der Waals surface area contributed by atoms with Gasteiger partial charge < -0.3 is 24.6 Å². The van der Waals surface area contributed by atoms with Gasteiger partial charge in [0.2, 0.25) is 5.91 Å². The molecule has 0 unspecified atom stereocenters. The third kappa shape index (κ3) is 6.52. The van der Waals surface area contributed by atoms with E-state index in [-0.39, 0.29) is 18.6 Å². The van der Waals surface area contributed by atoms with E-state index in [4.69, 9.17) is 25.8 Å². The number of aliphatic hydroxyl groups excluding tert-OH is 1. The summed E-state index contributed by atoms with van der Waals surface area (Å²) < 4.78 is 17.0. The second-order valence-corrected chi connectivity index (χ2v) is 7.69. The first-order valence-electron chi connectivity index (χ1n) is 9.84. The maximum absolute atomic E-state index is 11.4. The van der Waals surface area contributed by atoms with Crippen molar-refractivity contribution in [3.8, 4) is 17.2 Å². The summed E-state index contributed by atoms with van der Waals surface area (Å²) in [6.45, 7) is 3.57. The first kappa shape index (κ1) is 22.2. The zero-order valence-corrected chi connectivity index (χ0v) is 17.9. The van der Waals surface area contributed by atoms with Gasteiger partial charge in [0.1, 0.15) is 36.1 Å². The molecule has 1 fully saturated rings. The van der Waals surface area contributed by atoms with Crippen LogP contribution in [0.15, 0.2) is 42.5 Å². The van der Waals surface area contributed by atoms with Crippen molar-refractivity contribution in [1.29, 1.82) is 0 Å². The number of amides is 1. The predicted molar refractivity (Wildman–Crippen MR) is 116 cm³/mol. The maximum Gasteiger partial charge on any atom is 0.221 e. The van der Waals surface area contributed by atoms with E-state index in [9.17, 15) is 9.90 Å². The second kappa shape index (κ2) is 10.5. The average molecular weight is 435 g/mol.